The third-order valence-electron chi connectivity index (χ3n) is 4.25. The molecule has 0 aromatic heterocycles. The minimum absolute atomic E-state index is 0.248. The lowest BCUT2D eigenvalue weighted by molar-refractivity contribution is -1.00. The topological polar surface area (TPSA) is 27.3 Å². The van der Waals surface area contributed by atoms with Crippen LogP contribution in [0.1, 0.15) is 20.3 Å². The Bertz CT molecular complexity index is 417. The van der Waals surface area contributed by atoms with Crippen molar-refractivity contribution in [3.05, 3.63) is 24.3 Å². The van der Waals surface area contributed by atoms with E-state index in [2.05, 4.69) is 20.9 Å². The fourth-order valence-electron chi connectivity index (χ4n) is 2.55. The second-order valence-corrected chi connectivity index (χ2v) is 6.12. The molecule has 0 unspecified atom stereocenters. The minimum Gasteiger partial charge on any atom is -0.491 e. The van der Waals surface area contributed by atoms with Gasteiger partial charge in [0, 0.05) is 6.07 Å². The molecule has 1 aliphatic heterocycles. The molecule has 4 heteroatoms. The number of rotatable bonds is 7. The Hall–Kier alpha value is -1.26. The number of hydrogen-bond acceptors (Lipinski definition) is 2. The highest BCUT2D eigenvalue weighted by molar-refractivity contribution is 5.33. The highest BCUT2D eigenvalue weighted by Gasteiger charge is 2.19. The van der Waals surface area contributed by atoms with Gasteiger partial charge in [0.15, 0.2) is 0 Å². The second kappa shape index (κ2) is 8.25. The zero-order chi connectivity index (χ0) is 15.1. The quantitative estimate of drug-likeness (QED) is 0.720. The summed E-state index contributed by atoms with van der Waals surface area (Å²) in [5.41, 5.74) is 0. The zero-order valence-corrected chi connectivity index (χ0v) is 13.7. The van der Waals surface area contributed by atoms with Crippen molar-refractivity contribution in [3.8, 4) is 11.5 Å². The van der Waals surface area contributed by atoms with E-state index in [1.165, 1.54) is 26.2 Å². The first-order valence-electron chi connectivity index (χ1n) is 8.21. The first kappa shape index (κ1) is 16.1. The first-order valence-corrected chi connectivity index (χ1v) is 8.21. The number of nitrogens with one attached hydrogen (secondary N) is 2. The molecule has 1 atom stereocenters. The molecule has 1 saturated heterocycles. The summed E-state index contributed by atoms with van der Waals surface area (Å²) in [6.45, 7) is 11.1. The lowest BCUT2D eigenvalue weighted by Gasteiger charge is -2.27. The van der Waals surface area contributed by atoms with Crippen LogP contribution in [0.3, 0.4) is 0 Å². The third-order valence-corrected chi connectivity index (χ3v) is 4.25. The molecular formula is C17H30N2O2+2. The van der Waals surface area contributed by atoms with Crippen molar-refractivity contribution >= 4 is 0 Å². The molecule has 0 bridgehead atoms. The van der Waals surface area contributed by atoms with Crippen molar-refractivity contribution in [2.45, 2.75) is 26.4 Å². The molecule has 0 spiro atoms. The number of benzene rings is 1. The highest BCUT2D eigenvalue weighted by atomic mass is 16.5. The van der Waals surface area contributed by atoms with Gasteiger partial charge in [-0.25, -0.2) is 0 Å². The molecule has 21 heavy (non-hydrogen) atoms. The molecule has 0 radical (unpaired) electrons. The van der Waals surface area contributed by atoms with Crippen LogP contribution in [-0.4, -0.2) is 52.5 Å². The largest absolute Gasteiger partial charge is 0.491 e. The van der Waals surface area contributed by atoms with Crippen LogP contribution < -0.4 is 19.3 Å². The van der Waals surface area contributed by atoms with E-state index in [-0.39, 0.29) is 6.10 Å². The SMILES string of the molecule is CC[C@@H](C)Oc1cccc(OCC[NH+]2CC[NH+](C)CC2)c1. The Kier molecular flexibility index (Phi) is 6.33. The summed E-state index contributed by atoms with van der Waals surface area (Å²) in [5, 5.41) is 0. The van der Waals surface area contributed by atoms with Crippen LogP contribution in [0.25, 0.3) is 0 Å². The van der Waals surface area contributed by atoms with Gasteiger partial charge in [-0.3, -0.25) is 0 Å². The predicted octanol–water partition coefficient (Wildman–Crippen LogP) is -0.344. The van der Waals surface area contributed by atoms with Gasteiger partial charge in [-0.05, 0) is 25.5 Å². The molecule has 1 aliphatic rings. The Labute approximate surface area is 128 Å². The lowest BCUT2D eigenvalue weighted by atomic mass is 10.3. The maximum Gasteiger partial charge on any atom is 0.137 e. The fourth-order valence-corrected chi connectivity index (χ4v) is 2.55. The first-order chi connectivity index (χ1) is 10.2. The van der Waals surface area contributed by atoms with Crippen LogP contribution in [0.5, 0.6) is 11.5 Å². The number of likely N-dealkylation sites (N-methyl/N-ethyl adjacent to an activating group) is 1. The Balaban J connectivity index is 1.74. The zero-order valence-electron chi connectivity index (χ0n) is 13.7. The van der Waals surface area contributed by atoms with Gasteiger partial charge in [-0.1, -0.05) is 13.0 Å². The highest BCUT2D eigenvalue weighted by Crippen LogP contribution is 2.20. The van der Waals surface area contributed by atoms with Crippen molar-refractivity contribution in [2.24, 2.45) is 0 Å². The molecule has 1 aromatic carbocycles. The molecular weight excluding hydrogens is 264 g/mol. The van der Waals surface area contributed by atoms with Gasteiger partial charge in [-0.2, -0.15) is 0 Å². The van der Waals surface area contributed by atoms with E-state index in [0.717, 1.165) is 31.1 Å². The van der Waals surface area contributed by atoms with Gasteiger partial charge in [0.25, 0.3) is 0 Å². The number of quaternary nitrogens is 2. The third kappa shape index (κ3) is 5.56. The summed E-state index contributed by atoms with van der Waals surface area (Å²) in [6.07, 6.45) is 1.26. The van der Waals surface area contributed by atoms with Crippen LogP contribution in [0, 0.1) is 0 Å². The van der Waals surface area contributed by atoms with Crippen LogP contribution in [0.4, 0.5) is 0 Å². The summed E-state index contributed by atoms with van der Waals surface area (Å²) in [7, 11) is 2.27. The van der Waals surface area contributed by atoms with Gasteiger partial charge < -0.3 is 19.3 Å². The summed E-state index contributed by atoms with van der Waals surface area (Å²) in [4.78, 5) is 3.31. The molecule has 4 nitrogen and oxygen atoms in total. The molecule has 1 heterocycles. The molecule has 1 fully saturated rings. The van der Waals surface area contributed by atoms with Gasteiger partial charge in [0.05, 0.1) is 13.2 Å². The lowest BCUT2D eigenvalue weighted by Crippen LogP contribution is -3.27. The molecule has 0 aliphatic carbocycles. The molecule has 2 rings (SSSR count). The number of hydrogen-bond donors (Lipinski definition) is 2. The van der Waals surface area contributed by atoms with Crippen molar-refractivity contribution in [1.29, 1.82) is 0 Å². The standard InChI is InChI=1S/C17H28N2O2/c1-4-15(2)21-17-7-5-6-16(14-17)20-13-12-19-10-8-18(3)9-11-19/h5-7,14-15H,4,8-13H2,1-3H3/p+2/t15-/m1/s1. The van der Waals surface area contributed by atoms with Crippen LogP contribution in [0.15, 0.2) is 24.3 Å². The van der Waals surface area contributed by atoms with Crippen molar-refractivity contribution in [3.63, 3.8) is 0 Å². The summed E-state index contributed by atoms with van der Waals surface area (Å²) in [6, 6.07) is 8.00. The van der Waals surface area contributed by atoms with Gasteiger partial charge >= 0.3 is 0 Å². The predicted molar refractivity (Wildman–Crippen MR) is 84.5 cm³/mol. The van der Waals surface area contributed by atoms with E-state index in [4.69, 9.17) is 9.47 Å². The molecule has 1 aromatic rings. The van der Waals surface area contributed by atoms with Crippen LogP contribution in [0.2, 0.25) is 0 Å². The van der Waals surface area contributed by atoms with E-state index >= 15 is 0 Å². The molecule has 2 N–H and O–H groups in total. The van der Waals surface area contributed by atoms with E-state index in [0.29, 0.717) is 0 Å². The summed E-state index contributed by atoms with van der Waals surface area (Å²) < 4.78 is 11.7. The van der Waals surface area contributed by atoms with Gasteiger partial charge in [-0.15, -0.1) is 0 Å². The number of piperazine rings is 1. The van der Waals surface area contributed by atoms with Crippen LogP contribution in [-0.2, 0) is 0 Å². The van der Waals surface area contributed by atoms with Crippen LogP contribution >= 0.6 is 0 Å². The van der Waals surface area contributed by atoms with E-state index < -0.39 is 0 Å². The maximum atomic E-state index is 5.88. The maximum absolute atomic E-state index is 5.88. The van der Waals surface area contributed by atoms with Crippen molar-refractivity contribution < 1.29 is 19.3 Å². The Morgan fingerprint density at radius 1 is 1.14 bits per heavy atom. The van der Waals surface area contributed by atoms with E-state index in [9.17, 15) is 0 Å². The minimum atomic E-state index is 0.248. The Morgan fingerprint density at radius 3 is 2.57 bits per heavy atom. The fraction of sp³-hybridized carbons (Fsp3) is 0.647. The summed E-state index contributed by atoms with van der Waals surface area (Å²) in [5.74, 6) is 1.81. The monoisotopic (exact) mass is 294 g/mol. The summed E-state index contributed by atoms with van der Waals surface area (Å²) >= 11 is 0. The van der Waals surface area contributed by atoms with Crippen molar-refractivity contribution in [2.75, 3.05) is 46.4 Å². The van der Waals surface area contributed by atoms with Gasteiger partial charge in [0.2, 0.25) is 0 Å². The normalized spacial score (nSPS) is 23.6. The smallest absolute Gasteiger partial charge is 0.137 e. The average molecular weight is 294 g/mol. The molecule has 118 valence electrons. The van der Waals surface area contributed by atoms with Gasteiger partial charge in [0.1, 0.15) is 50.8 Å². The average Bonchev–Trinajstić information content (AvgIpc) is 2.49. The molecule has 0 saturated carbocycles. The Morgan fingerprint density at radius 2 is 1.86 bits per heavy atom. The second-order valence-electron chi connectivity index (χ2n) is 6.12. The number of ether oxygens (including phenoxy) is 2. The van der Waals surface area contributed by atoms with E-state index in [1.54, 1.807) is 9.80 Å². The molecule has 0 amide bonds. The van der Waals surface area contributed by atoms with E-state index in [1.807, 2.05) is 24.3 Å². The van der Waals surface area contributed by atoms with Crippen molar-refractivity contribution in [1.82, 2.24) is 0 Å².